The van der Waals surface area contributed by atoms with Crippen molar-refractivity contribution in [2.24, 2.45) is 10.7 Å². The van der Waals surface area contributed by atoms with Gasteiger partial charge in [0.2, 0.25) is 5.84 Å². The summed E-state index contributed by atoms with van der Waals surface area (Å²) in [6.07, 6.45) is 1.26. The molecule has 1 aromatic rings. The van der Waals surface area contributed by atoms with Gasteiger partial charge in [-0.1, -0.05) is 0 Å². The van der Waals surface area contributed by atoms with Crippen LogP contribution in [-0.4, -0.2) is 41.8 Å². The van der Waals surface area contributed by atoms with Crippen molar-refractivity contribution in [1.29, 1.82) is 0 Å². The quantitative estimate of drug-likeness (QED) is 0.778. The molecule has 0 aromatic heterocycles. The van der Waals surface area contributed by atoms with Crippen molar-refractivity contribution < 1.29 is 23.8 Å². The van der Waals surface area contributed by atoms with Crippen LogP contribution >= 0.6 is 0 Å². The number of primary amides is 1. The monoisotopic (exact) mass is 293 g/mol. The molecule has 0 radical (unpaired) electrons. The molecule has 2 amide bonds. The number of amides is 2. The molecule has 2 rings (SSSR count). The van der Waals surface area contributed by atoms with Crippen molar-refractivity contribution >= 4 is 23.7 Å². The topological polar surface area (TPSA) is 105 Å². The van der Waals surface area contributed by atoms with E-state index >= 15 is 0 Å². The Kier molecular flexibility index (Phi) is 3.62. The first-order chi connectivity index (χ1) is 9.85. The third-order valence-corrected chi connectivity index (χ3v) is 2.86. The number of halogens is 1. The van der Waals surface area contributed by atoms with Crippen molar-refractivity contribution in [3.05, 3.63) is 29.2 Å². The highest BCUT2D eigenvalue weighted by Crippen LogP contribution is 2.31. The Labute approximate surface area is 119 Å². The number of nitrogens with zero attached hydrogens (tertiary/aromatic N) is 2. The molecule has 0 spiro atoms. The minimum absolute atomic E-state index is 0.0709. The number of carbonyl (C=O) groups excluding carboxylic acids is 2. The van der Waals surface area contributed by atoms with Crippen molar-refractivity contribution in [1.82, 2.24) is 4.90 Å². The number of hydrogen-bond acceptors (Lipinski definition) is 5. The van der Waals surface area contributed by atoms with Crippen LogP contribution in [0.5, 0.6) is 11.5 Å². The number of ether oxygens (including phenoxy) is 1. The van der Waals surface area contributed by atoms with E-state index in [0.717, 1.165) is 11.0 Å². The number of hydrogen-bond donors (Lipinski definition) is 2. The zero-order valence-corrected chi connectivity index (χ0v) is 11.3. The first-order valence-corrected chi connectivity index (χ1v) is 5.80. The Bertz CT molecular complexity index is 697. The number of amidine groups is 1. The Morgan fingerprint density at radius 1 is 1.52 bits per heavy atom. The maximum atomic E-state index is 13.5. The van der Waals surface area contributed by atoms with Crippen molar-refractivity contribution in [3.63, 3.8) is 0 Å². The van der Waals surface area contributed by atoms with Crippen LogP contribution < -0.4 is 10.5 Å². The van der Waals surface area contributed by atoms with Crippen LogP contribution in [0, 0.1) is 5.82 Å². The number of rotatable bonds is 3. The zero-order valence-electron chi connectivity index (χ0n) is 11.3. The van der Waals surface area contributed by atoms with Crippen molar-refractivity contribution in [2.45, 2.75) is 0 Å². The highest BCUT2D eigenvalue weighted by atomic mass is 19.1. The lowest BCUT2D eigenvalue weighted by molar-refractivity contribution is -0.123. The van der Waals surface area contributed by atoms with Crippen LogP contribution in [0.2, 0.25) is 0 Å². The molecule has 0 saturated carbocycles. The van der Waals surface area contributed by atoms with Gasteiger partial charge in [-0.05, 0) is 23.8 Å². The van der Waals surface area contributed by atoms with Gasteiger partial charge in [-0.25, -0.2) is 9.38 Å². The van der Waals surface area contributed by atoms with Gasteiger partial charge in [-0.3, -0.25) is 14.5 Å². The molecule has 0 saturated heterocycles. The first kappa shape index (κ1) is 14.5. The van der Waals surface area contributed by atoms with Gasteiger partial charge < -0.3 is 15.6 Å². The van der Waals surface area contributed by atoms with E-state index in [-0.39, 0.29) is 22.8 Å². The van der Waals surface area contributed by atoms with E-state index in [1.54, 1.807) is 0 Å². The molecule has 0 fully saturated rings. The number of phenols is 1. The van der Waals surface area contributed by atoms with E-state index in [0.29, 0.717) is 0 Å². The SMILES string of the molecule is COc1cc(/C=C2\N=C(C(N)=O)N(C)C2=O)cc(F)c1O. The Balaban J connectivity index is 2.47. The van der Waals surface area contributed by atoms with Gasteiger partial charge in [0.1, 0.15) is 5.70 Å². The maximum absolute atomic E-state index is 13.5. The Morgan fingerprint density at radius 2 is 2.19 bits per heavy atom. The lowest BCUT2D eigenvalue weighted by Crippen LogP contribution is -2.37. The molecule has 21 heavy (non-hydrogen) atoms. The molecule has 1 aromatic carbocycles. The van der Waals surface area contributed by atoms with Gasteiger partial charge >= 0.3 is 0 Å². The summed E-state index contributed by atoms with van der Waals surface area (Å²) in [6.45, 7) is 0. The molecule has 0 atom stereocenters. The van der Waals surface area contributed by atoms with Crippen molar-refractivity contribution in [2.75, 3.05) is 14.2 Å². The highest BCUT2D eigenvalue weighted by molar-refractivity contribution is 6.43. The number of likely N-dealkylation sites (N-methyl/N-ethyl adjacent to an activating group) is 1. The van der Waals surface area contributed by atoms with Gasteiger partial charge in [-0.2, -0.15) is 0 Å². The number of benzene rings is 1. The van der Waals surface area contributed by atoms with Crippen LogP contribution in [0.3, 0.4) is 0 Å². The number of nitrogens with two attached hydrogens (primary N) is 1. The minimum Gasteiger partial charge on any atom is -0.502 e. The van der Waals surface area contributed by atoms with E-state index in [1.807, 2.05) is 0 Å². The fourth-order valence-electron chi connectivity index (χ4n) is 1.81. The van der Waals surface area contributed by atoms with E-state index in [2.05, 4.69) is 4.99 Å². The zero-order chi connectivity index (χ0) is 15.7. The van der Waals surface area contributed by atoms with Gasteiger partial charge in [-0.15, -0.1) is 0 Å². The van der Waals surface area contributed by atoms with E-state index in [9.17, 15) is 19.1 Å². The maximum Gasteiger partial charge on any atom is 0.284 e. The minimum atomic E-state index is -0.904. The fraction of sp³-hybridized carbons (Fsp3) is 0.154. The standard InChI is InChI=1S/C13H12FN3O4/c1-17-12(11(15)19)16-8(13(17)20)4-6-3-7(14)10(18)9(5-6)21-2/h3-5,18H,1-2H3,(H2,15,19)/b8-4-. The molecular weight excluding hydrogens is 281 g/mol. The Hall–Kier alpha value is -2.90. The summed E-state index contributed by atoms with van der Waals surface area (Å²) >= 11 is 0. The number of aliphatic imine (C=N–C) groups is 1. The molecule has 0 aliphatic carbocycles. The predicted octanol–water partition coefficient (Wildman–Crippen LogP) is 0.237. The van der Waals surface area contributed by atoms with Gasteiger partial charge in [0.25, 0.3) is 11.8 Å². The lowest BCUT2D eigenvalue weighted by atomic mass is 10.1. The average molecular weight is 293 g/mol. The molecule has 110 valence electrons. The van der Waals surface area contributed by atoms with E-state index in [1.165, 1.54) is 26.3 Å². The molecule has 0 unspecified atom stereocenters. The highest BCUT2D eigenvalue weighted by Gasteiger charge is 2.30. The first-order valence-electron chi connectivity index (χ1n) is 5.80. The Morgan fingerprint density at radius 3 is 2.71 bits per heavy atom. The third-order valence-electron chi connectivity index (χ3n) is 2.86. The van der Waals surface area contributed by atoms with Crippen LogP contribution in [-0.2, 0) is 9.59 Å². The smallest absolute Gasteiger partial charge is 0.284 e. The van der Waals surface area contributed by atoms with Crippen LogP contribution in [0.15, 0.2) is 22.8 Å². The number of phenolic OH excluding ortho intramolecular Hbond substituents is 1. The summed E-state index contributed by atoms with van der Waals surface area (Å²) in [5.74, 6) is -3.20. The number of aromatic hydroxyl groups is 1. The lowest BCUT2D eigenvalue weighted by Gasteiger charge is -2.07. The van der Waals surface area contributed by atoms with E-state index in [4.69, 9.17) is 10.5 Å². The summed E-state index contributed by atoms with van der Waals surface area (Å²) < 4.78 is 18.3. The summed E-state index contributed by atoms with van der Waals surface area (Å²) in [5.41, 5.74) is 5.26. The largest absolute Gasteiger partial charge is 0.502 e. The molecule has 3 N–H and O–H groups in total. The molecular formula is C13H12FN3O4. The molecule has 0 bridgehead atoms. The molecule has 1 aliphatic rings. The predicted molar refractivity (Wildman–Crippen MR) is 72.0 cm³/mol. The summed E-state index contributed by atoms with van der Waals surface area (Å²) in [5, 5.41) is 9.41. The molecule has 1 aliphatic heterocycles. The number of methoxy groups -OCH3 is 1. The second kappa shape index (κ2) is 5.23. The summed E-state index contributed by atoms with van der Waals surface area (Å²) in [6, 6.07) is 2.34. The second-order valence-corrected chi connectivity index (χ2v) is 4.25. The summed E-state index contributed by atoms with van der Waals surface area (Å²) in [7, 11) is 2.62. The molecule has 1 heterocycles. The van der Waals surface area contributed by atoms with Crippen molar-refractivity contribution in [3.8, 4) is 11.5 Å². The third kappa shape index (κ3) is 2.55. The van der Waals surface area contributed by atoms with Gasteiger partial charge in [0.15, 0.2) is 17.3 Å². The molecule has 8 heteroatoms. The van der Waals surface area contributed by atoms with E-state index < -0.39 is 23.4 Å². The van der Waals surface area contributed by atoms with Crippen LogP contribution in [0.25, 0.3) is 6.08 Å². The summed E-state index contributed by atoms with van der Waals surface area (Å²) in [4.78, 5) is 27.8. The van der Waals surface area contributed by atoms with Gasteiger partial charge in [0, 0.05) is 7.05 Å². The second-order valence-electron chi connectivity index (χ2n) is 4.25. The van der Waals surface area contributed by atoms with Crippen LogP contribution in [0.4, 0.5) is 4.39 Å². The van der Waals surface area contributed by atoms with Gasteiger partial charge in [0.05, 0.1) is 7.11 Å². The normalized spacial score (nSPS) is 16.3. The number of carbonyl (C=O) groups is 2. The molecule has 7 nitrogen and oxygen atoms in total. The fourth-order valence-corrected chi connectivity index (χ4v) is 1.81. The average Bonchev–Trinajstić information content (AvgIpc) is 2.71. The van der Waals surface area contributed by atoms with Crippen LogP contribution in [0.1, 0.15) is 5.56 Å².